The number of anilines is 1. The van der Waals surface area contributed by atoms with Gasteiger partial charge < -0.3 is 10.1 Å². The van der Waals surface area contributed by atoms with Crippen molar-refractivity contribution in [1.29, 1.82) is 0 Å². The van der Waals surface area contributed by atoms with E-state index in [0.717, 1.165) is 22.4 Å². The Bertz CT molecular complexity index is 1110. The zero-order valence-corrected chi connectivity index (χ0v) is 16.5. The third-order valence-corrected chi connectivity index (χ3v) is 4.43. The SMILES string of the molecule is Cc1ccc(-c2nnn(CC(=O)Nc3ccc(OCc4ccccc4)cc3)n2)cc1. The topological polar surface area (TPSA) is 81.9 Å². The second-order valence-corrected chi connectivity index (χ2v) is 6.86. The lowest BCUT2D eigenvalue weighted by Gasteiger charge is -2.08. The lowest BCUT2D eigenvalue weighted by atomic mass is 10.1. The molecule has 0 unspecified atom stereocenters. The first-order chi connectivity index (χ1) is 14.7. The Kier molecular flexibility index (Phi) is 5.80. The van der Waals surface area contributed by atoms with Gasteiger partial charge in [-0.3, -0.25) is 4.79 Å². The molecule has 150 valence electrons. The van der Waals surface area contributed by atoms with Crippen molar-refractivity contribution < 1.29 is 9.53 Å². The number of hydrogen-bond acceptors (Lipinski definition) is 5. The Balaban J connectivity index is 1.30. The van der Waals surface area contributed by atoms with Crippen molar-refractivity contribution in [1.82, 2.24) is 20.2 Å². The highest BCUT2D eigenvalue weighted by Gasteiger charge is 2.10. The number of aryl methyl sites for hydroxylation is 1. The van der Waals surface area contributed by atoms with Crippen molar-refractivity contribution in [2.24, 2.45) is 0 Å². The predicted molar refractivity (Wildman–Crippen MR) is 114 cm³/mol. The summed E-state index contributed by atoms with van der Waals surface area (Å²) in [6.45, 7) is 2.49. The lowest BCUT2D eigenvalue weighted by Crippen LogP contribution is -2.20. The minimum atomic E-state index is -0.235. The van der Waals surface area contributed by atoms with Crippen LogP contribution in [0.15, 0.2) is 78.9 Å². The average molecular weight is 399 g/mol. The van der Waals surface area contributed by atoms with Gasteiger partial charge in [0.25, 0.3) is 0 Å². The minimum absolute atomic E-state index is 0.0227. The fraction of sp³-hybridized carbons (Fsp3) is 0.130. The third-order valence-electron chi connectivity index (χ3n) is 4.43. The number of carbonyl (C=O) groups is 1. The summed E-state index contributed by atoms with van der Waals surface area (Å²) in [7, 11) is 0. The summed E-state index contributed by atoms with van der Waals surface area (Å²) in [5.41, 5.74) is 3.78. The highest BCUT2D eigenvalue weighted by Crippen LogP contribution is 2.17. The van der Waals surface area contributed by atoms with Crippen LogP contribution in [0, 0.1) is 6.92 Å². The Morgan fingerprint density at radius 1 is 0.967 bits per heavy atom. The summed E-state index contributed by atoms with van der Waals surface area (Å²) in [5, 5.41) is 15.1. The molecule has 0 radical (unpaired) electrons. The molecule has 4 rings (SSSR count). The van der Waals surface area contributed by atoms with E-state index in [1.165, 1.54) is 4.80 Å². The molecule has 0 spiro atoms. The summed E-state index contributed by atoms with van der Waals surface area (Å²) in [6, 6.07) is 25.0. The Hall–Kier alpha value is -4.00. The molecular formula is C23H21N5O2. The van der Waals surface area contributed by atoms with Crippen LogP contribution in [-0.2, 0) is 17.9 Å². The molecule has 0 saturated heterocycles. The summed E-state index contributed by atoms with van der Waals surface area (Å²) in [6.07, 6.45) is 0. The molecule has 1 aromatic heterocycles. The highest BCUT2D eigenvalue weighted by molar-refractivity contribution is 5.90. The number of amides is 1. The van der Waals surface area contributed by atoms with E-state index in [0.29, 0.717) is 18.1 Å². The molecule has 0 aliphatic carbocycles. The van der Waals surface area contributed by atoms with Crippen LogP contribution in [0.2, 0.25) is 0 Å². The molecule has 0 bridgehead atoms. The van der Waals surface area contributed by atoms with E-state index >= 15 is 0 Å². The van der Waals surface area contributed by atoms with Crippen LogP contribution < -0.4 is 10.1 Å². The fourth-order valence-corrected chi connectivity index (χ4v) is 2.83. The molecule has 0 atom stereocenters. The number of rotatable bonds is 7. The van der Waals surface area contributed by atoms with Gasteiger partial charge in [-0.05, 0) is 42.0 Å². The van der Waals surface area contributed by atoms with E-state index in [1.54, 1.807) is 12.1 Å². The van der Waals surface area contributed by atoms with Gasteiger partial charge in [0, 0.05) is 11.3 Å². The van der Waals surface area contributed by atoms with Gasteiger partial charge in [-0.25, -0.2) is 0 Å². The van der Waals surface area contributed by atoms with Crippen LogP contribution in [0.5, 0.6) is 5.75 Å². The number of tetrazole rings is 1. The number of benzene rings is 3. The standard InChI is InChI=1S/C23H21N5O2/c1-17-7-9-19(10-8-17)23-25-27-28(26-23)15-22(29)24-20-11-13-21(14-12-20)30-16-18-5-3-2-4-6-18/h2-14H,15-16H2,1H3,(H,24,29). The van der Waals surface area contributed by atoms with Crippen LogP contribution in [0.4, 0.5) is 5.69 Å². The zero-order valence-electron chi connectivity index (χ0n) is 16.5. The van der Waals surface area contributed by atoms with Gasteiger partial charge in [-0.15, -0.1) is 10.2 Å². The van der Waals surface area contributed by atoms with Crippen LogP contribution in [-0.4, -0.2) is 26.1 Å². The maximum atomic E-state index is 12.3. The second-order valence-electron chi connectivity index (χ2n) is 6.86. The summed E-state index contributed by atoms with van der Waals surface area (Å²) in [4.78, 5) is 13.6. The number of aromatic nitrogens is 4. The third kappa shape index (κ3) is 5.08. The molecule has 1 heterocycles. The number of carbonyl (C=O) groups excluding carboxylic acids is 1. The molecule has 4 aromatic rings. The molecule has 3 aromatic carbocycles. The molecular weight excluding hydrogens is 378 g/mol. The Labute approximate surface area is 174 Å². The quantitative estimate of drug-likeness (QED) is 0.510. The normalized spacial score (nSPS) is 10.6. The van der Waals surface area contributed by atoms with Crippen molar-refractivity contribution in [3.63, 3.8) is 0 Å². The second kappa shape index (κ2) is 9.00. The molecule has 7 nitrogen and oxygen atoms in total. The van der Waals surface area contributed by atoms with Crippen molar-refractivity contribution in [3.8, 4) is 17.1 Å². The summed E-state index contributed by atoms with van der Waals surface area (Å²) in [5.74, 6) is 0.987. The van der Waals surface area contributed by atoms with E-state index in [-0.39, 0.29) is 12.5 Å². The van der Waals surface area contributed by atoms with Gasteiger partial charge in [0.1, 0.15) is 18.9 Å². The maximum absolute atomic E-state index is 12.3. The smallest absolute Gasteiger partial charge is 0.248 e. The lowest BCUT2D eigenvalue weighted by molar-refractivity contribution is -0.117. The van der Waals surface area contributed by atoms with Gasteiger partial charge >= 0.3 is 0 Å². The molecule has 0 aliphatic rings. The van der Waals surface area contributed by atoms with Gasteiger partial charge in [-0.2, -0.15) is 4.80 Å². The Morgan fingerprint density at radius 3 is 2.43 bits per heavy atom. The zero-order chi connectivity index (χ0) is 20.8. The number of hydrogen-bond donors (Lipinski definition) is 1. The first kappa shape index (κ1) is 19.3. The number of nitrogens with zero attached hydrogens (tertiary/aromatic N) is 4. The molecule has 0 aliphatic heterocycles. The molecule has 30 heavy (non-hydrogen) atoms. The van der Waals surface area contributed by atoms with E-state index in [2.05, 4.69) is 20.7 Å². The van der Waals surface area contributed by atoms with Crippen LogP contribution in [0.1, 0.15) is 11.1 Å². The van der Waals surface area contributed by atoms with Crippen molar-refractivity contribution in [2.75, 3.05) is 5.32 Å². The fourth-order valence-electron chi connectivity index (χ4n) is 2.83. The number of ether oxygens (including phenoxy) is 1. The van der Waals surface area contributed by atoms with Crippen LogP contribution in [0.3, 0.4) is 0 Å². The van der Waals surface area contributed by atoms with Gasteiger partial charge in [0.15, 0.2) is 0 Å². The molecule has 0 fully saturated rings. The first-order valence-corrected chi connectivity index (χ1v) is 9.57. The molecule has 0 saturated carbocycles. The van der Waals surface area contributed by atoms with Crippen molar-refractivity contribution in [3.05, 3.63) is 90.0 Å². The van der Waals surface area contributed by atoms with E-state index in [4.69, 9.17) is 4.74 Å². The van der Waals surface area contributed by atoms with Gasteiger partial charge in [0.05, 0.1) is 0 Å². The molecule has 1 N–H and O–H groups in total. The van der Waals surface area contributed by atoms with Gasteiger partial charge in [0.2, 0.25) is 11.7 Å². The van der Waals surface area contributed by atoms with Crippen LogP contribution >= 0.6 is 0 Å². The Morgan fingerprint density at radius 2 is 1.70 bits per heavy atom. The van der Waals surface area contributed by atoms with E-state index in [9.17, 15) is 4.79 Å². The van der Waals surface area contributed by atoms with Gasteiger partial charge in [-0.1, -0.05) is 60.2 Å². The van der Waals surface area contributed by atoms with Crippen molar-refractivity contribution >= 4 is 11.6 Å². The highest BCUT2D eigenvalue weighted by atomic mass is 16.5. The summed E-state index contributed by atoms with van der Waals surface area (Å²) < 4.78 is 5.75. The molecule has 7 heteroatoms. The first-order valence-electron chi connectivity index (χ1n) is 9.57. The largest absolute Gasteiger partial charge is 0.489 e. The number of nitrogens with one attached hydrogen (secondary N) is 1. The van der Waals surface area contributed by atoms with Crippen molar-refractivity contribution in [2.45, 2.75) is 20.1 Å². The predicted octanol–water partition coefficient (Wildman–Crippen LogP) is 3.87. The summed E-state index contributed by atoms with van der Waals surface area (Å²) >= 11 is 0. The van der Waals surface area contributed by atoms with Crippen LogP contribution in [0.25, 0.3) is 11.4 Å². The van der Waals surface area contributed by atoms with E-state index < -0.39 is 0 Å². The minimum Gasteiger partial charge on any atom is -0.489 e. The monoisotopic (exact) mass is 399 g/mol. The van der Waals surface area contributed by atoms with E-state index in [1.807, 2.05) is 73.7 Å². The average Bonchev–Trinajstić information content (AvgIpc) is 3.23. The maximum Gasteiger partial charge on any atom is 0.248 e. The molecule has 1 amide bonds.